The summed E-state index contributed by atoms with van der Waals surface area (Å²) in [5.74, 6) is 0.658. The minimum Gasteiger partial charge on any atom is -0.384 e. The number of hydrogen-bond donors (Lipinski definition) is 1. The van der Waals surface area contributed by atoms with Crippen molar-refractivity contribution in [2.75, 3.05) is 20.1 Å². The highest BCUT2D eigenvalue weighted by Gasteiger charge is 2.35. The Hall–Kier alpha value is -0.860. The first-order chi connectivity index (χ1) is 7.99. The van der Waals surface area contributed by atoms with Gasteiger partial charge in [0.25, 0.3) is 0 Å². The van der Waals surface area contributed by atoms with E-state index in [0.29, 0.717) is 5.92 Å². The van der Waals surface area contributed by atoms with Crippen molar-refractivity contribution in [2.24, 2.45) is 5.92 Å². The summed E-state index contributed by atoms with van der Waals surface area (Å²) in [5.41, 5.74) is 1.78. The molecule has 1 atom stereocenters. The average molecular weight is 233 g/mol. The van der Waals surface area contributed by atoms with Crippen molar-refractivity contribution in [2.45, 2.75) is 32.3 Å². The number of nitrogens with zero attached hydrogens (tertiary/aromatic N) is 1. The van der Waals surface area contributed by atoms with Crippen molar-refractivity contribution in [3.05, 3.63) is 35.4 Å². The second-order valence-corrected chi connectivity index (χ2v) is 5.82. The SMILES string of the molecule is CC(C)Cc1cccc(C2(O)CCN(C)C2)c1. The molecule has 0 aromatic heterocycles. The summed E-state index contributed by atoms with van der Waals surface area (Å²) in [6.45, 7) is 6.18. The summed E-state index contributed by atoms with van der Waals surface area (Å²) in [4.78, 5) is 2.19. The molecule has 1 aromatic carbocycles. The Morgan fingerprint density at radius 2 is 2.18 bits per heavy atom. The second-order valence-electron chi connectivity index (χ2n) is 5.82. The van der Waals surface area contributed by atoms with Crippen molar-refractivity contribution in [1.82, 2.24) is 4.90 Å². The summed E-state index contributed by atoms with van der Waals surface area (Å²) >= 11 is 0. The lowest BCUT2D eigenvalue weighted by Gasteiger charge is -2.23. The molecule has 17 heavy (non-hydrogen) atoms. The lowest BCUT2D eigenvalue weighted by molar-refractivity contribution is 0.0488. The van der Waals surface area contributed by atoms with Crippen LogP contribution in [-0.2, 0) is 12.0 Å². The van der Waals surface area contributed by atoms with E-state index in [0.717, 1.165) is 31.5 Å². The Bertz CT molecular complexity index is 388. The fourth-order valence-electron chi connectivity index (χ4n) is 2.68. The minimum atomic E-state index is -0.637. The lowest BCUT2D eigenvalue weighted by atomic mass is 9.90. The van der Waals surface area contributed by atoms with Gasteiger partial charge < -0.3 is 10.0 Å². The Morgan fingerprint density at radius 1 is 1.41 bits per heavy atom. The van der Waals surface area contributed by atoms with Crippen LogP contribution in [0.3, 0.4) is 0 Å². The summed E-state index contributed by atoms with van der Waals surface area (Å²) in [6, 6.07) is 8.47. The summed E-state index contributed by atoms with van der Waals surface area (Å²) < 4.78 is 0. The molecule has 1 N–H and O–H groups in total. The molecule has 0 spiro atoms. The highest BCUT2D eigenvalue weighted by Crippen LogP contribution is 2.31. The van der Waals surface area contributed by atoms with Crippen LogP contribution in [0, 0.1) is 5.92 Å². The quantitative estimate of drug-likeness (QED) is 0.866. The van der Waals surface area contributed by atoms with Crippen LogP contribution in [0.25, 0.3) is 0 Å². The van der Waals surface area contributed by atoms with Crippen molar-refractivity contribution in [3.8, 4) is 0 Å². The predicted molar refractivity (Wildman–Crippen MR) is 71.0 cm³/mol. The molecular weight excluding hydrogens is 210 g/mol. The van der Waals surface area contributed by atoms with E-state index < -0.39 is 5.60 Å². The topological polar surface area (TPSA) is 23.5 Å². The van der Waals surface area contributed by atoms with Gasteiger partial charge in [0.15, 0.2) is 0 Å². The third-order valence-electron chi connectivity index (χ3n) is 3.55. The number of rotatable bonds is 3. The zero-order chi connectivity index (χ0) is 12.5. The van der Waals surface area contributed by atoms with E-state index in [2.05, 4.69) is 50.1 Å². The maximum Gasteiger partial charge on any atom is 0.103 e. The molecule has 1 aromatic rings. The van der Waals surface area contributed by atoms with Gasteiger partial charge in [0.05, 0.1) is 0 Å². The largest absolute Gasteiger partial charge is 0.384 e. The zero-order valence-corrected chi connectivity index (χ0v) is 11.1. The third-order valence-corrected chi connectivity index (χ3v) is 3.55. The Balaban J connectivity index is 2.21. The number of benzene rings is 1. The summed E-state index contributed by atoms with van der Waals surface area (Å²) in [6.07, 6.45) is 1.92. The number of β-amino-alcohol motifs (C(OH)–C–C–N with tert-alkyl or cyclic N) is 1. The summed E-state index contributed by atoms with van der Waals surface area (Å²) in [7, 11) is 2.07. The molecule has 1 aliphatic rings. The van der Waals surface area contributed by atoms with Gasteiger partial charge in [-0.1, -0.05) is 38.1 Å². The molecule has 0 aliphatic carbocycles. The lowest BCUT2D eigenvalue weighted by Crippen LogP contribution is -2.29. The molecule has 0 amide bonds. The molecule has 1 saturated heterocycles. The van der Waals surface area contributed by atoms with Crippen LogP contribution < -0.4 is 0 Å². The predicted octanol–water partition coefficient (Wildman–Crippen LogP) is 2.41. The normalized spacial score (nSPS) is 25.7. The van der Waals surface area contributed by atoms with Gasteiger partial charge >= 0.3 is 0 Å². The van der Waals surface area contributed by atoms with E-state index in [4.69, 9.17) is 0 Å². The number of hydrogen-bond acceptors (Lipinski definition) is 2. The molecular formula is C15H23NO. The van der Waals surface area contributed by atoms with Gasteiger partial charge in [-0.3, -0.25) is 0 Å². The van der Waals surface area contributed by atoms with Gasteiger partial charge in [0.2, 0.25) is 0 Å². The summed E-state index contributed by atoms with van der Waals surface area (Å²) in [5, 5.41) is 10.6. The monoisotopic (exact) mass is 233 g/mol. The van der Waals surface area contributed by atoms with Gasteiger partial charge in [-0.05, 0) is 36.9 Å². The molecule has 0 saturated carbocycles. The van der Waals surface area contributed by atoms with Crippen LogP contribution in [0.5, 0.6) is 0 Å². The zero-order valence-electron chi connectivity index (χ0n) is 11.1. The molecule has 1 fully saturated rings. The minimum absolute atomic E-state index is 0.637. The van der Waals surface area contributed by atoms with Crippen molar-refractivity contribution in [3.63, 3.8) is 0 Å². The smallest absolute Gasteiger partial charge is 0.103 e. The molecule has 1 unspecified atom stereocenters. The van der Waals surface area contributed by atoms with Gasteiger partial charge in [-0.2, -0.15) is 0 Å². The Morgan fingerprint density at radius 3 is 2.76 bits per heavy atom. The Kier molecular flexibility index (Phi) is 3.55. The molecule has 0 bridgehead atoms. The molecule has 94 valence electrons. The van der Waals surface area contributed by atoms with Crippen LogP contribution in [-0.4, -0.2) is 30.1 Å². The first-order valence-electron chi connectivity index (χ1n) is 6.50. The third kappa shape index (κ3) is 2.88. The van der Waals surface area contributed by atoms with E-state index in [1.54, 1.807) is 0 Å². The van der Waals surface area contributed by atoms with Gasteiger partial charge in [-0.15, -0.1) is 0 Å². The van der Waals surface area contributed by atoms with Crippen molar-refractivity contribution in [1.29, 1.82) is 0 Å². The maximum absolute atomic E-state index is 10.6. The first-order valence-corrected chi connectivity index (χ1v) is 6.50. The molecule has 2 nitrogen and oxygen atoms in total. The molecule has 2 heteroatoms. The highest BCUT2D eigenvalue weighted by atomic mass is 16.3. The molecule has 0 radical (unpaired) electrons. The van der Waals surface area contributed by atoms with E-state index >= 15 is 0 Å². The van der Waals surface area contributed by atoms with Gasteiger partial charge in [0.1, 0.15) is 5.60 Å². The van der Waals surface area contributed by atoms with Crippen molar-refractivity contribution >= 4 is 0 Å². The second kappa shape index (κ2) is 4.79. The Labute approximate surface area is 104 Å². The first kappa shape index (κ1) is 12.6. The molecule has 2 rings (SSSR count). The number of likely N-dealkylation sites (tertiary alicyclic amines) is 1. The fourth-order valence-corrected chi connectivity index (χ4v) is 2.68. The molecule has 1 heterocycles. The fraction of sp³-hybridized carbons (Fsp3) is 0.600. The van der Waals surface area contributed by atoms with Crippen LogP contribution in [0.1, 0.15) is 31.4 Å². The van der Waals surface area contributed by atoms with E-state index in [-0.39, 0.29) is 0 Å². The van der Waals surface area contributed by atoms with Gasteiger partial charge in [-0.25, -0.2) is 0 Å². The van der Waals surface area contributed by atoms with Crippen LogP contribution in [0.15, 0.2) is 24.3 Å². The van der Waals surface area contributed by atoms with Gasteiger partial charge in [0, 0.05) is 13.1 Å². The standard InChI is InChI=1S/C15H23NO/c1-12(2)9-13-5-4-6-14(10-13)15(17)7-8-16(3)11-15/h4-6,10,12,17H,7-9,11H2,1-3H3. The van der Waals surface area contributed by atoms with E-state index in [1.807, 2.05) is 0 Å². The highest BCUT2D eigenvalue weighted by molar-refractivity contribution is 5.29. The number of aliphatic hydroxyl groups is 1. The van der Waals surface area contributed by atoms with Crippen LogP contribution >= 0.6 is 0 Å². The van der Waals surface area contributed by atoms with Crippen LogP contribution in [0.4, 0.5) is 0 Å². The van der Waals surface area contributed by atoms with Crippen molar-refractivity contribution < 1.29 is 5.11 Å². The van der Waals surface area contributed by atoms with Crippen LogP contribution in [0.2, 0.25) is 0 Å². The van der Waals surface area contributed by atoms with E-state index in [1.165, 1.54) is 5.56 Å². The number of likely N-dealkylation sites (N-methyl/N-ethyl adjacent to an activating group) is 1. The maximum atomic E-state index is 10.6. The van der Waals surface area contributed by atoms with E-state index in [9.17, 15) is 5.11 Å². The average Bonchev–Trinajstić information content (AvgIpc) is 2.59. The molecule has 1 aliphatic heterocycles.